The molecule has 0 spiro atoms. The van der Waals surface area contributed by atoms with Crippen LogP contribution in [0.4, 0.5) is 5.13 Å². The van der Waals surface area contributed by atoms with Crippen LogP contribution in [0.3, 0.4) is 0 Å². The molecule has 1 aliphatic rings. The van der Waals surface area contributed by atoms with Crippen LogP contribution in [-0.4, -0.2) is 49.3 Å². The van der Waals surface area contributed by atoms with Crippen molar-refractivity contribution in [2.75, 3.05) is 25.0 Å². The number of nitrogens with zero attached hydrogens (tertiary/aromatic N) is 2. The molecule has 168 valence electrons. The summed E-state index contributed by atoms with van der Waals surface area (Å²) in [5.41, 5.74) is 0.839. The van der Waals surface area contributed by atoms with Crippen molar-refractivity contribution in [1.29, 1.82) is 0 Å². The minimum atomic E-state index is -3.59. The van der Waals surface area contributed by atoms with E-state index in [4.69, 9.17) is 4.74 Å². The summed E-state index contributed by atoms with van der Waals surface area (Å²) in [5.74, 6) is -0.146. The first-order chi connectivity index (χ1) is 14.7. The summed E-state index contributed by atoms with van der Waals surface area (Å²) in [6, 6.07) is 5.91. The van der Waals surface area contributed by atoms with Gasteiger partial charge in [0, 0.05) is 24.0 Å². The highest BCUT2D eigenvalue weighted by atomic mass is 32.2. The second-order valence-corrected chi connectivity index (χ2v) is 10.7. The monoisotopic (exact) mass is 465 g/mol. The summed E-state index contributed by atoms with van der Waals surface area (Å²) in [6.45, 7) is 7.16. The zero-order valence-electron chi connectivity index (χ0n) is 17.8. The Bertz CT molecular complexity index is 1020. The number of aromatic nitrogens is 1. The Labute approximate surface area is 186 Å². The SMILES string of the molecule is CCOC(=O)Cc1csc(NC(=O)c2ccc(S(=O)(=O)N3C[C@H](C)C[C@H](C)C3)cc2)n1. The van der Waals surface area contributed by atoms with Gasteiger partial charge in [0.2, 0.25) is 10.0 Å². The van der Waals surface area contributed by atoms with Crippen molar-refractivity contribution < 1.29 is 22.7 Å². The fourth-order valence-corrected chi connectivity index (χ4v) is 6.09. The van der Waals surface area contributed by atoms with Crippen LogP contribution in [0.15, 0.2) is 34.5 Å². The molecule has 0 radical (unpaired) electrons. The van der Waals surface area contributed by atoms with Crippen molar-refractivity contribution in [2.45, 2.75) is 38.5 Å². The fraction of sp³-hybridized carbons (Fsp3) is 0.476. The van der Waals surface area contributed by atoms with Crippen molar-refractivity contribution in [3.63, 3.8) is 0 Å². The lowest BCUT2D eigenvalue weighted by Crippen LogP contribution is -2.42. The standard InChI is InChI=1S/C21H27N3O5S2/c1-4-29-19(25)10-17-13-30-21(22-17)23-20(26)16-5-7-18(8-6-16)31(27,28)24-11-14(2)9-15(3)12-24/h5-8,13-15H,4,9-12H2,1-3H3,(H,22,23,26)/t14-,15+. The molecular weight excluding hydrogens is 438 g/mol. The number of ether oxygens (including phenoxy) is 1. The van der Waals surface area contributed by atoms with E-state index in [0.717, 1.165) is 6.42 Å². The highest BCUT2D eigenvalue weighted by Gasteiger charge is 2.31. The smallest absolute Gasteiger partial charge is 0.311 e. The molecule has 31 heavy (non-hydrogen) atoms. The molecule has 2 aromatic rings. The number of carbonyl (C=O) groups excluding carboxylic acids is 2. The van der Waals surface area contributed by atoms with Crippen molar-refractivity contribution in [3.8, 4) is 0 Å². The minimum Gasteiger partial charge on any atom is -0.466 e. The lowest BCUT2D eigenvalue weighted by molar-refractivity contribution is -0.142. The van der Waals surface area contributed by atoms with Gasteiger partial charge in [-0.15, -0.1) is 11.3 Å². The molecule has 2 heterocycles. The van der Waals surface area contributed by atoms with Gasteiger partial charge < -0.3 is 4.74 Å². The van der Waals surface area contributed by atoms with Crippen molar-refractivity contribution >= 4 is 38.4 Å². The molecule has 0 unspecified atom stereocenters. The number of benzene rings is 1. The van der Waals surface area contributed by atoms with Gasteiger partial charge in [-0.2, -0.15) is 4.31 Å². The average molecular weight is 466 g/mol. The van der Waals surface area contributed by atoms with E-state index in [1.807, 2.05) is 0 Å². The van der Waals surface area contributed by atoms with E-state index >= 15 is 0 Å². The largest absolute Gasteiger partial charge is 0.466 e. The van der Waals surface area contributed by atoms with Gasteiger partial charge in [0.25, 0.3) is 5.91 Å². The molecule has 2 atom stereocenters. The molecule has 0 aliphatic carbocycles. The summed E-state index contributed by atoms with van der Waals surface area (Å²) in [7, 11) is -3.59. The van der Waals surface area contributed by atoms with Crippen molar-refractivity contribution in [2.24, 2.45) is 11.8 Å². The fourth-order valence-electron chi connectivity index (χ4n) is 3.70. The van der Waals surface area contributed by atoms with Crippen LogP contribution < -0.4 is 5.32 Å². The van der Waals surface area contributed by atoms with Crippen LogP contribution in [0.25, 0.3) is 0 Å². The first-order valence-corrected chi connectivity index (χ1v) is 12.5. The number of hydrogen-bond donors (Lipinski definition) is 1. The molecule has 1 aromatic carbocycles. The van der Waals surface area contributed by atoms with Gasteiger partial charge >= 0.3 is 5.97 Å². The number of nitrogens with one attached hydrogen (secondary N) is 1. The Morgan fingerprint density at radius 1 is 1.19 bits per heavy atom. The molecule has 8 nitrogen and oxygen atoms in total. The third kappa shape index (κ3) is 5.90. The maximum Gasteiger partial charge on any atom is 0.311 e. The Balaban J connectivity index is 1.65. The van der Waals surface area contributed by atoms with Gasteiger partial charge in [-0.25, -0.2) is 13.4 Å². The molecule has 1 saturated heterocycles. The second-order valence-electron chi connectivity index (χ2n) is 7.87. The van der Waals surface area contributed by atoms with Gasteiger partial charge in [-0.05, 0) is 49.4 Å². The number of piperidine rings is 1. The van der Waals surface area contributed by atoms with Crippen molar-refractivity contribution in [1.82, 2.24) is 9.29 Å². The van der Waals surface area contributed by atoms with E-state index in [1.54, 1.807) is 12.3 Å². The molecular formula is C21H27N3O5S2. The molecule has 0 bridgehead atoms. The number of thiazole rings is 1. The maximum atomic E-state index is 13.0. The van der Waals surface area contributed by atoms with Gasteiger partial charge in [0.05, 0.1) is 23.6 Å². The molecule has 1 N–H and O–H groups in total. The van der Waals surface area contributed by atoms with E-state index in [0.29, 0.717) is 47.9 Å². The first kappa shape index (κ1) is 23.4. The number of hydrogen-bond acceptors (Lipinski definition) is 7. The Morgan fingerprint density at radius 3 is 2.45 bits per heavy atom. The highest BCUT2D eigenvalue weighted by molar-refractivity contribution is 7.89. The lowest BCUT2D eigenvalue weighted by atomic mass is 9.94. The Morgan fingerprint density at radius 2 is 1.84 bits per heavy atom. The zero-order chi connectivity index (χ0) is 22.6. The summed E-state index contributed by atoms with van der Waals surface area (Å²) < 4.78 is 32.3. The highest BCUT2D eigenvalue weighted by Crippen LogP contribution is 2.27. The summed E-state index contributed by atoms with van der Waals surface area (Å²) >= 11 is 1.21. The molecule has 0 saturated carbocycles. The Hall–Kier alpha value is -2.30. The van der Waals surface area contributed by atoms with Crippen molar-refractivity contribution in [3.05, 3.63) is 40.9 Å². The topological polar surface area (TPSA) is 106 Å². The normalized spacial score (nSPS) is 19.7. The molecule has 3 rings (SSSR count). The number of amides is 1. The van der Waals surface area contributed by atoms with Gasteiger partial charge in [-0.3, -0.25) is 14.9 Å². The molecule has 1 fully saturated rings. The van der Waals surface area contributed by atoms with Gasteiger partial charge in [0.1, 0.15) is 0 Å². The number of rotatable bonds is 7. The van der Waals surface area contributed by atoms with Crippen LogP contribution >= 0.6 is 11.3 Å². The summed E-state index contributed by atoms with van der Waals surface area (Å²) in [5, 5.41) is 4.72. The van der Waals surface area contributed by atoms with Gasteiger partial charge in [-0.1, -0.05) is 13.8 Å². The number of anilines is 1. The number of sulfonamides is 1. The first-order valence-electron chi connectivity index (χ1n) is 10.2. The van der Waals surface area contributed by atoms with E-state index in [2.05, 4.69) is 24.1 Å². The molecule has 1 aromatic heterocycles. The maximum absolute atomic E-state index is 13.0. The predicted octanol–water partition coefficient (Wildman–Crippen LogP) is 3.17. The molecule has 1 aliphatic heterocycles. The molecule has 10 heteroatoms. The van der Waals surface area contributed by atoms with Crippen LogP contribution in [0.5, 0.6) is 0 Å². The minimum absolute atomic E-state index is 0.0422. The third-order valence-electron chi connectivity index (χ3n) is 4.99. The van der Waals surface area contributed by atoms with E-state index in [-0.39, 0.29) is 17.3 Å². The van der Waals surface area contributed by atoms with Crippen LogP contribution in [0.2, 0.25) is 0 Å². The van der Waals surface area contributed by atoms with Crippen LogP contribution in [-0.2, 0) is 26.0 Å². The van der Waals surface area contributed by atoms with E-state index in [1.165, 1.54) is 39.9 Å². The quantitative estimate of drug-likeness (QED) is 0.630. The lowest BCUT2D eigenvalue weighted by Gasteiger charge is -2.34. The van der Waals surface area contributed by atoms with E-state index < -0.39 is 15.9 Å². The Kier molecular flexibility index (Phi) is 7.45. The number of esters is 1. The van der Waals surface area contributed by atoms with Crippen LogP contribution in [0, 0.1) is 11.8 Å². The van der Waals surface area contributed by atoms with Crippen LogP contribution in [0.1, 0.15) is 43.2 Å². The van der Waals surface area contributed by atoms with Gasteiger partial charge in [0.15, 0.2) is 5.13 Å². The summed E-state index contributed by atoms with van der Waals surface area (Å²) in [4.78, 5) is 28.4. The zero-order valence-corrected chi connectivity index (χ0v) is 19.5. The third-order valence-corrected chi connectivity index (χ3v) is 7.65. The summed E-state index contributed by atoms with van der Waals surface area (Å²) in [6.07, 6.45) is 1.06. The predicted molar refractivity (Wildman–Crippen MR) is 119 cm³/mol. The molecule has 1 amide bonds. The van der Waals surface area contributed by atoms with E-state index in [9.17, 15) is 18.0 Å². The number of carbonyl (C=O) groups is 2. The average Bonchev–Trinajstić information content (AvgIpc) is 3.14. The second kappa shape index (κ2) is 9.88.